The Labute approximate surface area is 137 Å². The predicted molar refractivity (Wildman–Crippen MR) is 87.4 cm³/mol. The average molecular weight is 333 g/mol. The van der Waals surface area contributed by atoms with Crippen LogP contribution in [0, 0.1) is 5.92 Å². The molecule has 6 heteroatoms. The van der Waals surface area contributed by atoms with Gasteiger partial charge >= 0.3 is 0 Å². The zero-order valence-corrected chi connectivity index (χ0v) is 13.8. The minimum absolute atomic E-state index is 0. The van der Waals surface area contributed by atoms with Gasteiger partial charge in [-0.25, -0.2) is 0 Å². The molecular weight excluding hydrogens is 311 g/mol. The summed E-state index contributed by atoms with van der Waals surface area (Å²) in [5.74, 6) is 1.32. The van der Waals surface area contributed by atoms with E-state index >= 15 is 0 Å². The Balaban J connectivity index is 0.00000220. The van der Waals surface area contributed by atoms with Gasteiger partial charge < -0.3 is 15.0 Å². The Morgan fingerprint density at radius 2 is 2.24 bits per heavy atom. The molecular formula is C15H22Cl2N2O2. The molecule has 0 spiro atoms. The van der Waals surface area contributed by atoms with E-state index in [1.165, 1.54) is 0 Å². The summed E-state index contributed by atoms with van der Waals surface area (Å²) in [5, 5.41) is 3.87. The molecule has 2 rings (SSSR count). The average Bonchev–Trinajstić information content (AvgIpc) is 2.93. The number of rotatable bonds is 6. The van der Waals surface area contributed by atoms with Crippen molar-refractivity contribution in [2.75, 3.05) is 33.3 Å². The van der Waals surface area contributed by atoms with Gasteiger partial charge in [-0.2, -0.15) is 0 Å². The van der Waals surface area contributed by atoms with Crippen molar-refractivity contribution in [1.82, 2.24) is 10.2 Å². The third-order valence-corrected chi connectivity index (χ3v) is 3.88. The molecule has 21 heavy (non-hydrogen) atoms. The second kappa shape index (κ2) is 9.13. The van der Waals surface area contributed by atoms with Gasteiger partial charge in [-0.1, -0.05) is 23.7 Å². The van der Waals surface area contributed by atoms with Gasteiger partial charge in [0.05, 0.1) is 11.6 Å². The van der Waals surface area contributed by atoms with E-state index in [1.54, 1.807) is 11.0 Å². The summed E-state index contributed by atoms with van der Waals surface area (Å²) in [4.78, 5) is 13.8. The zero-order valence-electron chi connectivity index (χ0n) is 12.2. The van der Waals surface area contributed by atoms with Crippen LogP contribution in [0.1, 0.15) is 12.8 Å². The molecule has 1 aliphatic heterocycles. The molecule has 1 aromatic carbocycles. The highest BCUT2D eigenvalue weighted by Gasteiger charge is 2.20. The number of hydrogen-bond acceptors (Lipinski definition) is 3. The van der Waals surface area contributed by atoms with E-state index in [0.29, 0.717) is 36.3 Å². The Bertz CT molecular complexity index is 451. The number of likely N-dealkylation sites (N-methyl/N-ethyl adjacent to an activating group) is 1. The van der Waals surface area contributed by atoms with Crippen molar-refractivity contribution in [2.45, 2.75) is 12.8 Å². The number of hydrogen-bond donors (Lipinski definition) is 1. The molecule has 1 fully saturated rings. The molecule has 0 bridgehead atoms. The molecule has 1 aliphatic rings. The summed E-state index contributed by atoms with van der Waals surface area (Å²) in [6, 6.07) is 7.36. The lowest BCUT2D eigenvalue weighted by Gasteiger charge is -2.19. The van der Waals surface area contributed by atoms with Crippen LogP contribution in [0.5, 0.6) is 5.75 Å². The molecule has 0 aliphatic carbocycles. The Hall–Kier alpha value is -0.970. The van der Waals surface area contributed by atoms with Crippen molar-refractivity contribution in [1.29, 1.82) is 0 Å². The lowest BCUT2D eigenvalue weighted by Crippen LogP contribution is -2.32. The van der Waals surface area contributed by atoms with Crippen LogP contribution in [0.2, 0.25) is 5.02 Å². The van der Waals surface area contributed by atoms with Crippen LogP contribution in [-0.2, 0) is 4.79 Å². The standard InChI is InChI=1S/C15H21ClN2O2.ClH/c1-18(15(19)10-12-6-7-17-11-12)8-9-20-14-5-3-2-4-13(14)16;/h2-5,12,17H,6-11H2,1H3;1H. The number of carbonyl (C=O) groups excluding carboxylic acids is 1. The molecule has 1 N–H and O–H groups in total. The third-order valence-electron chi connectivity index (χ3n) is 3.57. The molecule has 1 atom stereocenters. The van der Waals surface area contributed by atoms with Crippen molar-refractivity contribution in [2.24, 2.45) is 5.92 Å². The normalized spacial score (nSPS) is 17.1. The van der Waals surface area contributed by atoms with Gasteiger partial charge in [0.1, 0.15) is 12.4 Å². The Kier molecular flexibility index (Phi) is 7.86. The maximum Gasteiger partial charge on any atom is 0.222 e. The van der Waals surface area contributed by atoms with Gasteiger partial charge in [0.15, 0.2) is 0 Å². The number of para-hydroxylation sites is 1. The first-order chi connectivity index (χ1) is 9.66. The summed E-state index contributed by atoms with van der Waals surface area (Å²) in [5.41, 5.74) is 0. The zero-order chi connectivity index (χ0) is 14.4. The number of carbonyl (C=O) groups is 1. The van der Waals surface area contributed by atoms with Gasteiger partial charge in [0, 0.05) is 13.5 Å². The van der Waals surface area contributed by atoms with Crippen LogP contribution in [0.25, 0.3) is 0 Å². The first-order valence-corrected chi connectivity index (χ1v) is 7.36. The molecule has 1 heterocycles. The maximum absolute atomic E-state index is 12.0. The number of ether oxygens (including phenoxy) is 1. The number of benzene rings is 1. The van der Waals surface area contributed by atoms with Crippen molar-refractivity contribution >= 4 is 29.9 Å². The summed E-state index contributed by atoms with van der Waals surface area (Å²) >= 11 is 6.00. The minimum atomic E-state index is 0. The second-order valence-corrected chi connectivity index (χ2v) is 5.56. The lowest BCUT2D eigenvalue weighted by atomic mass is 10.0. The van der Waals surface area contributed by atoms with Gasteiger partial charge in [0.2, 0.25) is 5.91 Å². The first-order valence-electron chi connectivity index (χ1n) is 6.99. The highest BCUT2D eigenvalue weighted by Crippen LogP contribution is 2.22. The van der Waals surface area contributed by atoms with Gasteiger partial charge in [-0.15, -0.1) is 12.4 Å². The third kappa shape index (κ3) is 5.73. The maximum atomic E-state index is 12.0. The summed E-state index contributed by atoms with van der Waals surface area (Å²) in [7, 11) is 1.82. The molecule has 1 unspecified atom stereocenters. The molecule has 118 valence electrons. The lowest BCUT2D eigenvalue weighted by molar-refractivity contribution is -0.131. The van der Waals surface area contributed by atoms with Crippen LogP contribution < -0.4 is 10.1 Å². The second-order valence-electron chi connectivity index (χ2n) is 5.16. The molecule has 1 aromatic rings. The van der Waals surface area contributed by atoms with Crippen LogP contribution in [0.15, 0.2) is 24.3 Å². The number of nitrogens with zero attached hydrogens (tertiary/aromatic N) is 1. The van der Waals surface area contributed by atoms with Crippen LogP contribution in [0.3, 0.4) is 0 Å². The Morgan fingerprint density at radius 1 is 1.48 bits per heavy atom. The minimum Gasteiger partial charge on any atom is -0.490 e. The van der Waals surface area contributed by atoms with E-state index in [0.717, 1.165) is 19.5 Å². The highest BCUT2D eigenvalue weighted by molar-refractivity contribution is 6.32. The fourth-order valence-corrected chi connectivity index (χ4v) is 2.46. The fourth-order valence-electron chi connectivity index (χ4n) is 2.27. The monoisotopic (exact) mass is 332 g/mol. The molecule has 1 saturated heterocycles. The van der Waals surface area contributed by atoms with E-state index in [1.807, 2.05) is 25.2 Å². The van der Waals surface area contributed by atoms with Gasteiger partial charge in [0.25, 0.3) is 0 Å². The van der Waals surface area contributed by atoms with E-state index in [2.05, 4.69) is 5.32 Å². The van der Waals surface area contributed by atoms with Crippen molar-refractivity contribution < 1.29 is 9.53 Å². The van der Waals surface area contributed by atoms with Crippen molar-refractivity contribution in [3.63, 3.8) is 0 Å². The molecule has 0 saturated carbocycles. The van der Waals surface area contributed by atoms with Crippen LogP contribution >= 0.6 is 24.0 Å². The quantitative estimate of drug-likeness (QED) is 0.870. The van der Waals surface area contributed by atoms with E-state index in [9.17, 15) is 4.79 Å². The smallest absolute Gasteiger partial charge is 0.222 e. The van der Waals surface area contributed by atoms with E-state index in [-0.39, 0.29) is 18.3 Å². The first kappa shape index (κ1) is 18.1. The molecule has 0 aromatic heterocycles. The van der Waals surface area contributed by atoms with Gasteiger partial charge in [-0.05, 0) is 37.6 Å². The summed E-state index contributed by atoms with van der Waals surface area (Å²) in [6.07, 6.45) is 1.71. The molecule has 1 amide bonds. The largest absolute Gasteiger partial charge is 0.490 e. The van der Waals surface area contributed by atoms with E-state index in [4.69, 9.17) is 16.3 Å². The molecule has 0 radical (unpaired) electrons. The topological polar surface area (TPSA) is 41.6 Å². The Morgan fingerprint density at radius 3 is 2.90 bits per heavy atom. The van der Waals surface area contributed by atoms with Crippen LogP contribution in [0.4, 0.5) is 0 Å². The van der Waals surface area contributed by atoms with Crippen molar-refractivity contribution in [3.8, 4) is 5.75 Å². The fraction of sp³-hybridized carbons (Fsp3) is 0.533. The van der Waals surface area contributed by atoms with E-state index < -0.39 is 0 Å². The SMILES string of the molecule is CN(CCOc1ccccc1Cl)C(=O)CC1CCNC1.Cl. The van der Waals surface area contributed by atoms with Gasteiger partial charge in [-0.3, -0.25) is 4.79 Å². The van der Waals surface area contributed by atoms with Crippen molar-refractivity contribution in [3.05, 3.63) is 29.3 Å². The highest BCUT2D eigenvalue weighted by atomic mass is 35.5. The predicted octanol–water partition coefficient (Wildman–Crippen LogP) is 2.60. The summed E-state index contributed by atoms with van der Waals surface area (Å²) in [6.45, 7) is 3.01. The number of amides is 1. The molecule has 4 nitrogen and oxygen atoms in total. The number of halogens is 2. The number of nitrogens with one attached hydrogen (secondary N) is 1. The van der Waals surface area contributed by atoms with Crippen LogP contribution in [-0.4, -0.2) is 44.1 Å². The summed E-state index contributed by atoms with van der Waals surface area (Å²) < 4.78 is 5.59.